The summed E-state index contributed by atoms with van der Waals surface area (Å²) in [6.45, 7) is 0. The highest BCUT2D eigenvalue weighted by Crippen LogP contribution is 2.53. The molecule has 0 heterocycles. The number of ether oxygens (including phenoxy) is 2. The zero-order valence-corrected chi connectivity index (χ0v) is 10.3. The molecule has 3 fully saturated rings. The van der Waals surface area contributed by atoms with E-state index in [1.807, 2.05) is 0 Å². The first-order chi connectivity index (χ1) is 8.43. The Kier molecular flexibility index (Phi) is 2.76. The van der Waals surface area contributed by atoms with Crippen LogP contribution in [0.4, 0.5) is 0 Å². The van der Waals surface area contributed by atoms with Crippen molar-refractivity contribution < 1.29 is 28.7 Å². The normalized spacial score (nSPS) is 34.3. The largest absolute Gasteiger partial charge is 0.468 e. The number of carbonyl (C=O) groups is 4. The van der Waals surface area contributed by atoms with Gasteiger partial charge in [-0.05, 0) is 12.8 Å². The van der Waals surface area contributed by atoms with Gasteiger partial charge in [0.15, 0.2) is 11.6 Å². The lowest BCUT2D eigenvalue weighted by molar-refractivity contribution is -0.182. The van der Waals surface area contributed by atoms with Crippen molar-refractivity contribution in [3.63, 3.8) is 0 Å². The third-order valence-corrected chi connectivity index (χ3v) is 4.12. The number of esters is 2. The van der Waals surface area contributed by atoms with Gasteiger partial charge in [-0.15, -0.1) is 0 Å². The van der Waals surface area contributed by atoms with Crippen LogP contribution in [0, 0.1) is 10.8 Å². The molecule has 0 spiro atoms. The molecule has 2 atom stereocenters. The fourth-order valence-electron chi connectivity index (χ4n) is 2.93. The average Bonchev–Trinajstić information content (AvgIpc) is 2.38. The number of carbonyl (C=O) groups excluding carboxylic acids is 4. The molecular formula is C12H14O6. The molecule has 2 bridgehead atoms. The molecular weight excluding hydrogens is 240 g/mol. The van der Waals surface area contributed by atoms with Crippen molar-refractivity contribution in [1.29, 1.82) is 0 Å². The van der Waals surface area contributed by atoms with Crippen LogP contribution in [-0.2, 0) is 28.7 Å². The van der Waals surface area contributed by atoms with Crippen LogP contribution in [0.2, 0.25) is 0 Å². The van der Waals surface area contributed by atoms with E-state index in [1.165, 1.54) is 14.2 Å². The number of ketones is 2. The van der Waals surface area contributed by atoms with Gasteiger partial charge in [0, 0.05) is 12.8 Å². The van der Waals surface area contributed by atoms with Gasteiger partial charge in [0.05, 0.1) is 14.2 Å². The van der Waals surface area contributed by atoms with Crippen LogP contribution in [-0.4, -0.2) is 37.7 Å². The fourth-order valence-corrected chi connectivity index (χ4v) is 2.93. The minimum atomic E-state index is -1.37. The summed E-state index contributed by atoms with van der Waals surface area (Å²) >= 11 is 0. The minimum Gasteiger partial charge on any atom is -0.468 e. The Morgan fingerprint density at radius 2 is 1.22 bits per heavy atom. The van der Waals surface area contributed by atoms with Gasteiger partial charge in [-0.3, -0.25) is 19.2 Å². The van der Waals surface area contributed by atoms with Gasteiger partial charge in [0.25, 0.3) is 0 Å². The third kappa shape index (κ3) is 1.34. The standard InChI is InChI=1S/C12H14O6/c1-17-9(15)11-3-4-12(6-7(11)13,8(14)5-11)10(16)18-2/h3-6H2,1-2H3/t11-,12+. The SMILES string of the molecule is COC(=O)[C@]12CC[C@@](C(=O)OC)(CC1=O)C(=O)C2. The summed E-state index contributed by atoms with van der Waals surface area (Å²) in [6.07, 6.45) is -0.181. The van der Waals surface area contributed by atoms with E-state index in [9.17, 15) is 19.2 Å². The second kappa shape index (κ2) is 3.90. The molecule has 18 heavy (non-hydrogen) atoms. The number of Topliss-reactive ketones (excluding diaryl/α,β-unsaturated/α-hetero) is 2. The highest BCUT2D eigenvalue weighted by molar-refractivity contribution is 6.19. The van der Waals surface area contributed by atoms with E-state index < -0.39 is 34.3 Å². The summed E-state index contributed by atoms with van der Waals surface area (Å²) in [6, 6.07) is 0. The van der Waals surface area contributed by atoms with Crippen LogP contribution in [0.1, 0.15) is 25.7 Å². The molecule has 98 valence electrons. The summed E-state index contributed by atoms with van der Waals surface area (Å²) in [5, 5.41) is 0. The van der Waals surface area contributed by atoms with Crippen LogP contribution in [0.25, 0.3) is 0 Å². The Labute approximate surface area is 104 Å². The molecule has 0 amide bonds. The Morgan fingerprint density at radius 3 is 1.44 bits per heavy atom. The maximum Gasteiger partial charge on any atom is 0.319 e. The molecule has 3 saturated carbocycles. The van der Waals surface area contributed by atoms with Crippen LogP contribution in [0.15, 0.2) is 0 Å². The Bertz CT molecular complexity index is 411. The fraction of sp³-hybridized carbons (Fsp3) is 0.667. The average molecular weight is 254 g/mol. The number of hydrogen-bond acceptors (Lipinski definition) is 6. The van der Waals surface area contributed by atoms with Gasteiger partial charge in [-0.2, -0.15) is 0 Å². The van der Waals surface area contributed by atoms with Gasteiger partial charge in [-0.1, -0.05) is 0 Å². The monoisotopic (exact) mass is 254 g/mol. The van der Waals surface area contributed by atoms with E-state index >= 15 is 0 Å². The smallest absolute Gasteiger partial charge is 0.319 e. The van der Waals surface area contributed by atoms with Gasteiger partial charge >= 0.3 is 11.9 Å². The summed E-state index contributed by atoms with van der Waals surface area (Å²) in [5.41, 5.74) is -2.75. The molecule has 0 aromatic heterocycles. The quantitative estimate of drug-likeness (QED) is 0.510. The molecule has 0 unspecified atom stereocenters. The van der Waals surface area contributed by atoms with Gasteiger partial charge in [0.1, 0.15) is 10.8 Å². The van der Waals surface area contributed by atoms with Crippen molar-refractivity contribution in [2.75, 3.05) is 14.2 Å². The number of rotatable bonds is 2. The minimum absolute atomic E-state index is 0.166. The zero-order chi connectivity index (χ0) is 13.6. The van der Waals surface area contributed by atoms with Crippen LogP contribution >= 0.6 is 0 Å². The molecule has 3 rings (SSSR count). The van der Waals surface area contributed by atoms with Crippen molar-refractivity contribution in [2.45, 2.75) is 25.7 Å². The maximum atomic E-state index is 12.1. The topological polar surface area (TPSA) is 86.7 Å². The number of methoxy groups -OCH3 is 2. The summed E-state index contributed by atoms with van der Waals surface area (Å²) in [5.74, 6) is -2.16. The Morgan fingerprint density at radius 1 is 0.889 bits per heavy atom. The van der Waals surface area contributed by atoms with Gasteiger partial charge in [0.2, 0.25) is 0 Å². The highest BCUT2D eigenvalue weighted by atomic mass is 16.5. The molecule has 3 aliphatic carbocycles. The van der Waals surface area contributed by atoms with Crippen molar-refractivity contribution in [1.82, 2.24) is 0 Å². The van der Waals surface area contributed by atoms with Crippen LogP contribution in [0.5, 0.6) is 0 Å². The van der Waals surface area contributed by atoms with Crippen molar-refractivity contribution >= 4 is 23.5 Å². The molecule has 0 aromatic carbocycles. The number of fused-ring (bicyclic) bond motifs is 3. The van der Waals surface area contributed by atoms with Crippen molar-refractivity contribution in [3.05, 3.63) is 0 Å². The molecule has 3 aliphatic rings. The van der Waals surface area contributed by atoms with Crippen LogP contribution < -0.4 is 0 Å². The van der Waals surface area contributed by atoms with E-state index in [2.05, 4.69) is 9.47 Å². The van der Waals surface area contributed by atoms with E-state index in [-0.39, 0.29) is 25.7 Å². The van der Waals surface area contributed by atoms with Gasteiger partial charge < -0.3 is 9.47 Å². The van der Waals surface area contributed by atoms with E-state index in [0.29, 0.717) is 0 Å². The first kappa shape index (κ1) is 12.7. The lowest BCUT2D eigenvalue weighted by Gasteiger charge is -2.46. The Balaban J connectivity index is 2.40. The molecule has 0 N–H and O–H groups in total. The predicted octanol–water partition coefficient (Wildman–Crippen LogP) is 0.0310. The highest BCUT2D eigenvalue weighted by Gasteiger charge is 2.66. The first-order valence-electron chi connectivity index (χ1n) is 5.66. The van der Waals surface area contributed by atoms with E-state index in [1.54, 1.807) is 0 Å². The number of hydrogen-bond donors (Lipinski definition) is 0. The second-order valence-electron chi connectivity index (χ2n) is 4.85. The predicted molar refractivity (Wildman–Crippen MR) is 57.4 cm³/mol. The molecule has 0 saturated heterocycles. The lowest BCUT2D eigenvalue weighted by Crippen LogP contribution is -2.60. The second-order valence-corrected chi connectivity index (χ2v) is 4.85. The molecule has 0 aliphatic heterocycles. The first-order valence-corrected chi connectivity index (χ1v) is 5.66. The molecule has 6 heteroatoms. The lowest BCUT2D eigenvalue weighted by atomic mass is 9.52. The molecule has 0 aromatic rings. The third-order valence-electron chi connectivity index (χ3n) is 4.12. The maximum absolute atomic E-state index is 12.1. The summed E-state index contributed by atoms with van der Waals surface area (Å²) in [7, 11) is 2.37. The van der Waals surface area contributed by atoms with Crippen molar-refractivity contribution in [2.24, 2.45) is 10.8 Å². The van der Waals surface area contributed by atoms with Crippen LogP contribution in [0.3, 0.4) is 0 Å². The molecule has 0 radical (unpaired) electrons. The van der Waals surface area contributed by atoms with Gasteiger partial charge in [-0.25, -0.2) is 0 Å². The zero-order valence-electron chi connectivity index (χ0n) is 10.3. The summed E-state index contributed by atoms with van der Waals surface area (Å²) < 4.78 is 9.24. The van der Waals surface area contributed by atoms with Crippen molar-refractivity contribution in [3.8, 4) is 0 Å². The summed E-state index contributed by atoms with van der Waals surface area (Å²) in [4.78, 5) is 47.6. The Hall–Kier alpha value is -1.72. The van der Waals surface area contributed by atoms with E-state index in [0.717, 1.165) is 0 Å². The molecule has 6 nitrogen and oxygen atoms in total. The van der Waals surface area contributed by atoms with E-state index in [4.69, 9.17) is 0 Å².